The van der Waals surface area contributed by atoms with E-state index in [1.807, 2.05) is 24.1 Å². The maximum Gasteiger partial charge on any atom is 0.225 e. The molecule has 2 N–H and O–H groups in total. The van der Waals surface area contributed by atoms with E-state index in [4.69, 9.17) is 5.73 Å². The molecule has 3 rings (SSSR count). The molecule has 2 aliphatic rings. The van der Waals surface area contributed by atoms with Gasteiger partial charge in [0.05, 0.1) is 11.9 Å². The molecule has 108 valence electrons. The predicted octanol–water partition coefficient (Wildman–Crippen LogP) is 1.50. The number of carbonyl (C=O) groups is 1. The van der Waals surface area contributed by atoms with Gasteiger partial charge in [-0.25, -0.2) is 4.98 Å². The predicted molar refractivity (Wildman–Crippen MR) is 79.4 cm³/mol. The van der Waals surface area contributed by atoms with Gasteiger partial charge in [0.25, 0.3) is 0 Å². The summed E-state index contributed by atoms with van der Waals surface area (Å²) in [6, 6.07) is 4.24. The normalized spacial score (nSPS) is 19.9. The van der Waals surface area contributed by atoms with Crippen LogP contribution >= 0.6 is 0 Å². The first kappa shape index (κ1) is 13.2. The number of rotatable bonds is 3. The topological polar surface area (TPSA) is 62.5 Å². The lowest BCUT2D eigenvalue weighted by molar-refractivity contribution is -0.133. The molecule has 0 bridgehead atoms. The van der Waals surface area contributed by atoms with E-state index in [2.05, 4.69) is 9.88 Å². The lowest BCUT2D eigenvalue weighted by Gasteiger charge is -2.37. The van der Waals surface area contributed by atoms with Crippen molar-refractivity contribution in [3.8, 4) is 0 Å². The van der Waals surface area contributed by atoms with Gasteiger partial charge in [-0.3, -0.25) is 4.79 Å². The van der Waals surface area contributed by atoms with Crippen molar-refractivity contribution in [2.45, 2.75) is 31.7 Å². The molecule has 1 saturated carbocycles. The molecule has 1 aliphatic heterocycles. The molecule has 0 unspecified atom stereocenters. The van der Waals surface area contributed by atoms with Gasteiger partial charge in [0.1, 0.15) is 5.82 Å². The van der Waals surface area contributed by atoms with Gasteiger partial charge in [-0.1, -0.05) is 0 Å². The maximum atomic E-state index is 12.1. The molecule has 1 aromatic heterocycles. The van der Waals surface area contributed by atoms with E-state index in [0.717, 1.165) is 44.6 Å². The van der Waals surface area contributed by atoms with Crippen molar-refractivity contribution in [3.05, 3.63) is 18.3 Å². The van der Waals surface area contributed by atoms with Crippen molar-refractivity contribution >= 4 is 17.4 Å². The van der Waals surface area contributed by atoms with Crippen molar-refractivity contribution in [3.63, 3.8) is 0 Å². The number of pyridine rings is 1. The van der Waals surface area contributed by atoms with Gasteiger partial charge in [-0.2, -0.15) is 0 Å². The van der Waals surface area contributed by atoms with E-state index in [0.29, 0.717) is 23.6 Å². The summed E-state index contributed by atoms with van der Waals surface area (Å²) < 4.78 is 0. The second kappa shape index (κ2) is 5.31. The van der Waals surface area contributed by atoms with Crippen LogP contribution in [0.25, 0.3) is 0 Å². The number of nitrogens with zero attached hydrogens (tertiary/aromatic N) is 3. The van der Waals surface area contributed by atoms with Gasteiger partial charge in [-0.15, -0.1) is 0 Å². The van der Waals surface area contributed by atoms with E-state index >= 15 is 0 Å². The van der Waals surface area contributed by atoms with Crippen LogP contribution in [0.2, 0.25) is 0 Å². The quantitative estimate of drug-likeness (QED) is 0.907. The highest BCUT2D eigenvalue weighted by Crippen LogP contribution is 2.32. The van der Waals surface area contributed by atoms with E-state index in [-0.39, 0.29) is 0 Å². The van der Waals surface area contributed by atoms with E-state index < -0.39 is 0 Å². The molecule has 0 atom stereocenters. The number of nitrogens with two attached hydrogens (primary N) is 1. The van der Waals surface area contributed by atoms with Gasteiger partial charge in [0.2, 0.25) is 5.91 Å². The molecule has 1 aliphatic carbocycles. The number of carbonyl (C=O) groups excluding carboxylic acids is 1. The average molecular weight is 274 g/mol. The lowest BCUT2D eigenvalue weighted by atomic mass is 10.0. The first-order valence-corrected chi connectivity index (χ1v) is 7.38. The molecule has 0 aromatic carbocycles. The van der Waals surface area contributed by atoms with Gasteiger partial charge < -0.3 is 15.5 Å². The fourth-order valence-electron chi connectivity index (χ4n) is 2.87. The summed E-state index contributed by atoms with van der Waals surface area (Å²) in [6.45, 7) is 1.90. The number of hydrogen-bond donors (Lipinski definition) is 1. The summed E-state index contributed by atoms with van der Waals surface area (Å²) in [5.74, 6) is 1.64. The van der Waals surface area contributed by atoms with Crippen molar-refractivity contribution in [1.82, 2.24) is 9.88 Å². The molecule has 20 heavy (non-hydrogen) atoms. The number of anilines is 2. The van der Waals surface area contributed by atoms with Gasteiger partial charge in [0, 0.05) is 32.1 Å². The zero-order chi connectivity index (χ0) is 14.1. The minimum atomic E-state index is 0.316. The molecule has 5 nitrogen and oxygen atoms in total. The SMILES string of the molecule is CN(C(=O)C1CC1)C1CCN(c2ccc(N)cn2)CC1. The zero-order valence-electron chi connectivity index (χ0n) is 12.0. The Balaban J connectivity index is 1.56. The molecule has 1 amide bonds. The number of piperidine rings is 1. The van der Waals surface area contributed by atoms with Gasteiger partial charge >= 0.3 is 0 Å². The zero-order valence-corrected chi connectivity index (χ0v) is 12.0. The molecule has 2 fully saturated rings. The minimum absolute atomic E-state index is 0.316. The minimum Gasteiger partial charge on any atom is -0.397 e. The molecule has 0 radical (unpaired) electrons. The van der Waals surface area contributed by atoms with E-state index in [9.17, 15) is 4.79 Å². The summed E-state index contributed by atoms with van der Waals surface area (Å²) in [5.41, 5.74) is 6.35. The first-order chi connectivity index (χ1) is 9.65. The summed E-state index contributed by atoms with van der Waals surface area (Å²) in [4.78, 5) is 20.7. The third kappa shape index (κ3) is 2.71. The number of nitrogen functional groups attached to an aromatic ring is 1. The third-order valence-electron chi connectivity index (χ3n) is 4.38. The Morgan fingerprint density at radius 3 is 2.55 bits per heavy atom. The second-order valence-corrected chi connectivity index (χ2v) is 5.89. The summed E-state index contributed by atoms with van der Waals surface area (Å²) in [6.07, 6.45) is 5.89. The summed E-state index contributed by atoms with van der Waals surface area (Å²) >= 11 is 0. The molecular weight excluding hydrogens is 252 g/mol. The van der Waals surface area contributed by atoms with Crippen molar-refractivity contribution < 1.29 is 4.79 Å². The van der Waals surface area contributed by atoms with Crippen molar-refractivity contribution in [2.24, 2.45) is 5.92 Å². The van der Waals surface area contributed by atoms with Crippen LogP contribution in [-0.2, 0) is 4.79 Å². The second-order valence-electron chi connectivity index (χ2n) is 5.89. The lowest BCUT2D eigenvalue weighted by Crippen LogP contribution is -2.46. The standard InChI is InChI=1S/C15H22N4O/c1-18(15(20)11-2-3-11)13-6-8-19(9-7-13)14-5-4-12(16)10-17-14/h4-5,10-11,13H,2-3,6-9,16H2,1H3. The Morgan fingerprint density at radius 1 is 1.30 bits per heavy atom. The number of amides is 1. The summed E-state index contributed by atoms with van der Waals surface area (Å²) in [5, 5.41) is 0. The number of hydrogen-bond acceptors (Lipinski definition) is 4. The molecule has 1 aromatic rings. The molecular formula is C15H22N4O. The fourth-order valence-corrected chi connectivity index (χ4v) is 2.87. The van der Waals surface area contributed by atoms with E-state index in [1.165, 1.54) is 0 Å². The number of aromatic nitrogens is 1. The first-order valence-electron chi connectivity index (χ1n) is 7.38. The Bertz CT molecular complexity index is 475. The van der Waals surface area contributed by atoms with Crippen LogP contribution < -0.4 is 10.6 Å². The van der Waals surface area contributed by atoms with Crippen LogP contribution in [0.3, 0.4) is 0 Å². The van der Waals surface area contributed by atoms with Crippen LogP contribution in [0.15, 0.2) is 18.3 Å². The third-order valence-corrected chi connectivity index (χ3v) is 4.38. The van der Waals surface area contributed by atoms with E-state index in [1.54, 1.807) is 6.20 Å². The highest BCUT2D eigenvalue weighted by atomic mass is 16.2. The monoisotopic (exact) mass is 274 g/mol. The maximum absolute atomic E-state index is 12.1. The molecule has 5 heteroatoms. The van der Waals surface area contributed by atoms with Gasteiger partial charge in [0.15, 0.2) is 0 Å². The Morgan fingerprint density at radius 2 is 2.00 bits per heavy atom. The molecule has 2 heterocycles. The van der Waals surface area contributed by atoms with Crippen LogP contribution in [0, 0.1) is 5.92 Å². The summed E-state index contributed by atoms with van der Waals surface area (Å²) in [7, 11) is 1.96. The molecule has 0 spiro atoms. The fraction of sp³-hybridized carbons (Fsp3) is 0.600. The van der Waals surface area contributed by atoms with Crippen LogP contribution in [0.5, 0.6) is 0 Å². The van der Waals surface area contributed by atoms with Crippen LogP contribution in [-0.4, -0.2) is 42.0 Å². The highest BCUT2D eigenvalue weighted by Gasteiger charge is 2.35. The van der Waals surface area contributed by atoms with Crippen LogP contribution in [0.1, 0.15) is 25.7 Å². The van der Waals surface area contributed by atoms with Crippen molar-refractivity contribution in [1.29, 1.82) is 0 Å². The largest absolute Gasteiger partial charge is 0.397 e. The van der Waals surface area contributed by atoms with Crippen LogP contribution in [0.4, 0.5) is 11.5 Å². The highest BCUT2D eigenvalue weighted by molar-refractivity contribution is 5.81. The Kier molecular flexibility index (Phi) is 3.51. The molecule has 1 saturated heterocycles. The average Bonchev–Trinajstić information content (AvgIpc) is 3.31. The Hall–Kier alpha value is -1.78. The van der Waals surface area contributed by atoms with Gasteiger partial charge in [-0.05, 0) is 37.8 Å². The Labute approximate surface area is 119 Å². The van der Waals surface area contributed by atoms with Crippen molar-refractivity contribution in [2.75, 3.05) is 30.8 Å². The smallest absolute Gasteiger partial charge is 0.225 e.